The number of ketones is 1. The van der Waals surface area contributed by atoms with Gasteiger partial charge in [-0.15, -0.1) is 0 Å². The van der Waals surface area contributed by atoms with Crippen LogP contribution in [0.1, 0.15) is 39.3 Å². The molecule has 5 rings (SSSR count). The summed E-state index contributed by atoms with van der Waals surface area (Å²) in [6, 6.07) is 16.0. The lowest BCUT2D eigenvalue weighted by Gasteiger charge is -2.33. The molecule has 0 saturated carbocycles. The summed E-state index contributed by atoms with van der Waals surface area (Å²) in [7, 11) is 0. The van der Waals surface area contributed by atoms with E-state index in [2.05, 4.69) is 5.32 Å². The fraction of sp³-hybridized carbons (Fsp3) is 0.269. The van der Waals surface area contributed by atoms with E-state index in [1.54, 1.807) is 24.3 Å². The van der Waals surface area contributed by atoms with Crippen LogP contribution < -0.4 is 10.1 Å². The molecule has 0 radical (unpaired) electrons. The van der Waals surface area contributed by atoms with Gasteiger partial charge in [-0.1, -0.05) is 48.0 Å². The van der Waals surface area contributed by atoms with Gasteiger partial charge in [0.2, 0.25) is 0 Å². The minimum atomic E-state index is -1.20. The summed E-state index contributed by atoms with van der Waals surface area (Å²) in [5.74, 6) is -0.149. The van der Waals surface area contributed by atoms with Crippen molar-refractivity contribution < 1.29 is 19.1 Å². The average Bonchev–Trinajstić information content (AvgIpc) is 3.23. The Morgan fingerprint density at radius 2 is 1.85 bits per heavy atom. The van der Waals surface area contributed by atoms with Gasteiger partial charge in [0.25, 0.3) is 5.91 Å². The molecule has 7 nitrogen and oxygen atoms in total. The molecule has 1 spiro atoms. The van der Waals surface area contributed by atoms with Crippen LogP contribution in [0.3, 0.4) is 0 Å². The summed E-state index contributed by atoms with van der Waals surface area (Å²) in [6.45, 7) is 4.27. The van der Waals surface area contributed by atoms with E-state index in [1.165, 1.54) is 0 Å². The number of benzene rings is 2. The topological polar surface area (TPSA) is 80.6 Å². The molecule has 34 heavy (non-hydrogen) atoms. The average molecular weight is 478 g/mol. The second-order valence-corrected chi connectivity index (χ2v) is 9.11. The molecular weight excluding hydrogens is 454 g/mol. The highest BCUT2D eigenvalue weighted by molar-refractivity contribution is 6.31. The molecule has 3 aromatic rings. The summed E-state index contributed by atoms with van der Waals surface area (Å²) >= 11 is 6.32. The Kier molecular flexibility index (Phi) is 5.44. The zero-order valence-corrected chi connectivity index (χ0v) is 19.7. The lowest BCUT2D eigenvalue weighted by atomic mass is 9.84. The van der Waals surface area contributed by atoms with E-state index in [1.807, 2.05) is 48.7 Å². The first-order valence-corrected chi connectivity index (χ1v) is 11.5. The van der Waals surface area contributed by atoms with Gasteiger partial charge in [-0.2, -0.15) is 0 Å². The van der Waals surface area contributed by atoms with Crippen molar-refractivity contribution in [2.45, 2.75) is 32.4 Å². The van der Waals surface area contributed by atoms with Gasteiger partial charge in [0.05, 0.1) is 13.2 Å². The number of hydrogen-bond donors (Lipinski definition) is 1. The number of fused-ring (bicyclic) bond motifs is 2. The van der Waals surface area contributed by atoms with Crippen molar-refractivity contribution in [1.29, 1.82) is 0 Å². The molecule has 0 bridgehead atoms. The summed E-state index contributed by atoms with van der Waals surface area (Å²) in [5.41, 5.74) is 2.51. The van der Waals surface area contributed by atoms with Gasteiger partial charge in [-0.05, 0) is 37.6 Å². The molecule has 1 N–H and O–H groups in total. The Labute approximate surface area is 202 Å². The first-order valence-electron chi connectivity index (χ1n) is 11.1. The van der Waals surface area contributed by atoms with Crippen LogP contribution in [0, 0.1) is 13.8 Å². The minimum Gasteiger partial charge on any atom is -0.493 e. The fourth-order valence-electron chi connectivity index (χ4n) is 4.87. The third-order valence-corrected chi connectivity index (χ3v) is 7.09. The van der Waals surface area contributed by atoms with Crippen molar-refractivity contribution >= 4 is 29.3 Å². The Morgan fingerprint density at radius 1 is 1.12 bits per heavy atom. The molecule has 2 aliphatic heterocycles. The number of imide groups is 1. The van der Waals surface area contributed by atoms with Gasteiger partial charge in [0, 0.05) is 40.5 Å². The van der Waals surface area contributed by atoms with E-state index in [-0.39, 0.29) is 12.3 Å². The number of nitrogens with one attached hydrogen (secondary N) is 1. The maximum absolute atomic E-state index is 13.5. The molecule has 0 aliphatic carbocycles. The summed E-state index contributed by atoms with van der Waals surface area (Å²) in [6.07, 6.45) is 0.311. The van der Waals surface area contributed by atoms with E-state index in [0.29, 0.717) is 41.5 Å². The normalized spacial score (nSPS) is 19.2. The Morgan fingerprint density at radius 3 is 2.65 bits per heavy atom. The van der Waals surface area contributed by atoms with Gasteiger partial charge in [0.15, 0.2) is 11.3 Å². The van der Waals surface area contributed by atoms with Crippen LogP contribution in [-0.4, -0.2) is 40.3 Å². The smallest absolute Gasteiger partial charge is 0.325 e. The first kappa shape index (κ1) is 22.2. The van der Waals surface area contributed by atoms with Gasteiger partial charge in [-0.25, -0.2) is 4.79 Å². The number of para-hydroxylation sites is 1. The first-order chi connectivity index (χ1) is 16.3. The molecule has 3 amide bonds. The highest BCUT2D eigenvalue weighted by Crippen LogP contribution is 2.41. The highest BCUT2D eigenvalue weighted by atomic mass is 35.5. The number of aryl methyl sites for hydroxylation is 1. The predicted octanol–water partition coefficient (Wildman–Crippen LogP) is 4.22. The second kappa shape index (κ2) is 8.33. The van der Waals surface area contributed by atoms with Crippen LogP contribution >= 0.6 is 11.6 Å². The molecule has 174 valence electrons. The molecule has 2 aromatic carbocycles. The highest BCUT2D eigenvalue weighted by Gasteiger charge is 2.55. The molecule has 1 fully saturated rings. The Balaban J connectivity index is 1.40. The van der Waals surface area contributed by atoms with Crippen LogP contribution in [0.25, 0.3) is 0 Å². The summed E-state index contributed by atoms with van der Waals surface area (Å²) in [5, 5.41) is 3.49. The van der Waals surface area contributed by atoms with Crippen molar-refractivity contribution in [3.8, 4) is 5.75 Å². The predicted molar refractivity (Wildman–Crippen MR) is 127 cm³/mol. The minimum absolute atomic E-state index is 0.292. The molecular formula is C26H24ClN3O4. The van der Waals surface area contributed by atoms with Crippen molar-refractivity contribution in [2.75, 3.05) is 13.2 Å². The summed E-state index contributed by atoms with van der Waals surface area (Å²) < 4.78 is 7.68. The van der Waals surface area contributed by atoms with Gasteiger partial charge >= 0.3 is 6.03 Å². The maximum atomic E-state index is 13.5. The van der Waals surface area contributed by atoms with E-state index < -0.39 is 17.5 Å². The van der Waals surface area contributed by atoms with Gasteiger partial charge in [-0.3, -0.25) is 14.5 Å². The lowest BCUT2D eigenvalue weighted by Crippen LogP contribution is -2.47. The zero-order chi connectivity index (χ0) is 24.0. The number of amides is 3. The largest absolute Gasteiger partial charge is 0.493 e. The fourth-order valence-corrected chi connectivity index (χ4v) is 5.06. The van der Waals surface area contributed by atoms with Crippen molar-refractivity contribution in [3.05, 3.63) is 87.7 Å². The van der Waals surface area contributed by atoms with Crippen LogP contribution in [0.4, 0.5) is 4.79 Å². The number of hydrogen-bond acceptors (Lipinski definition) is 4. The third-order valence-electron chi connectivity index (χ3n) is 6.72. The Bertz CT molecular complexity index is 1330. The molecule has 1 saturated heterocycles. The van der Waals surface area contributed by atoms with E-state index >= 15 is 0 Å². The number of urea groups is 1. The van der Waals surface area contributed by atoms with E-state index in [0.717, 1.165) is 21.9 Å². The van der Waals surface area contributed by atoms with Crippen LogP contribution in [0.2, 0.25) is 5.02 Å². The second-order valence-electron chi connectivity index (χ2n) is 8.71. The number of ether oxygens (including phenoxy) is 1. The zero-order valence-electron chi connectivity index (χ0n) is 18.9. The summed E-state index contributed by atoms with van der Waals surface area (Å²) in [4.78, 5) is 40.6. The molecule has 1 atom stereocenters. The van der Waals surface area contributed by atoms with Crippen LogP contribution in [-0.2, 0) is 16.9 Å². The SMILES string of the molecule is Cc1cc(C(=O)CN2C(=O)NC3(CCOc4ccccc43)C2=O)c(C)n1Cc1ccccc1Cl. The van der Waals surface area contributed by atoms with Gasteiger partial charge in [0.1, 0.15) is 5.75 Å². The Hall–Kier alpha value is -3.58. The molecule has 8 heteroatoms. The number of carbonyl (C=O) groups excluding carboxylic acids is 3. The quantitative estimate of drug-likeness (QED) is 0.440. The molecule has 1 aromatic heterocycles. The monoisotopic (exact) mass is 477 g/mol. The standard InChI is InChI=1S/C26H24ClN3O4/c1-16-13-19(17(2)29(16)14-18-7-3-5-9-21(18)27)22(31)15-30-24(32)26(28-25(30)33)11-12-34-23-10-6-4-8-20(23)26/h3-10,13H,11-12,14-15H2,1-2H3,(H,28,33). The number of halogens is 1. The number of rotatable bonds is 5. The van der Waals surface area contributed by atoms with Crippen molar-refractivity contribution in [3.63, 3.8) is 0 Å². The maximum Gasteiger partial charge on any atom is 0.325 e. The van der Waals surface area contributed by atoms with Crippen molar-refractivity contribution in [2.24, 2.45) is 0 Å². The van der Waals surface area contributed by atoms with Crippen molar-refractivity contribution in [1.82, 2.24) is 14.8 Å². The molecule has 3 heterocycles. The van der Waals surface area contributed by atoms with E-state index in [9.17, 15) is 14.4 Å². The van der Waals surface area contributed by atoms with Gasteiger partial charge < -0.3 is 14.6 Å². The molecule has 2 aliphatic rings. The lowest BCUT2D eigenvalue weighted by molar-refractivity contribution is -0.132. The number of carbonyl (C=O) groups is 3. The van der Waals surface area contributed by atoms with Crippen LogP contribution in [0.5, 0.6) is 5.75 Å². The third kappa shape index (κ3) is 3.47. The number of aromatic nitrogens is 1. The van der Waals surface area contributed by atoms with E-state index in [4.69, 9.17) is 16.3 Å². The van der Waals surface area contributed by atoms with Crippen LogP contribution in [0.15, 0.2) is 54.6 Å². The molecule has 1 unspecified atom stereocenters. The number of nitrogens with zero attached hydrogens (tertiary/aromatic N) is 2. The number of Topliss-reactive ketones (excluding diaryl/α,β-unsaturated/α-hetero) is 1.